The SMILES string of the molecule is CC(OCCCNC(=O)NCC1(O)CCCC1)c1ccccc1. The van der Waals surface area contributed by atoms with Crippen LogP contribution in [0.25, 0.3) is 0 Å². The first kappa shape index (κ1) is 17.8. The highest BCUT2D eigenvalue weighted by molar-refractivity contribution is 5.73. The monoisotopic (exact) mass is 320 g/mol. The summed E-state index contributed by atoms with van der Waals surface area (Å²) >= 11 is 0. The number of urea groups is 1. The summed E-state index contributed by atoms with van der Waals surface area (Å²) in [4.78, 5) is 11.7. The van der Waals surface area contributed by atoms with Crippen LogP contribution in [-0.2, 0) is 4.74 Å². The van der Waals surface area contributed by atoms with Crippen molar-refractivity contribution in [3.05, 3.63) is 35.9 Å². The van der Waals surface area contributed by atoms with Crippen LogP contribution in [0.1, 0.15) is 50.7 Å². The van der Waals surface area contributed by atoms with Gasteiger partial charge < -0.3 is 20.5 Å². The molecule has 1 aliphatic carbocycles. The molecule has 0 saturated heterocycles. The van der Waals surface area contributed by atoms with E-state index in [2.05, 4.69) is 10.6 Å². The summed E-state index contributed by atoms with van der Waals surface area (Å²) in [6, 6.07) is 9.86. The Kier molecular flexibility index (Phi) is 6.86. The third kappa shape index (κ3) is 6.20. The molecule has 0 spiro atoms. The molecule has 0 heterocycles. The molecule has 1 fully saturated rings. The largest absolute Gasteiger partial charge is 0.388 e. The minimum Gasteiger partial charge on any atom is -0.388 e. The highest BCUT2D eigenvalue weighted by Crippen LogP contribution is 2.28. The van der Waals surface area contributed by atoms with Crippen LogP contribution in [0.5, 0.6) is 0 Å². The summed E-state index contributed by atoms with van der Waals surface area (Å²) in [5.41, 5.74) is 0.453. The van der Waals surface area contributed by atoms with Crippen molar-refractivity contribution in [2.75, 3.05) is 19.7 Å². The van der Waals surface area contributed by atoms with E-state index in [4.69, 9.17) is 4.74 Å². The van der Waals surface area contributed by atoms with E-state index in [1.165, 1.54) is 0 Å². The lowest BCUT2D eigenvalue weighted by Crippen LogP contribution is -2.45. The van der Waals surface area contributed by atoms with Crippen LogP contribution in [-0.4, -0.2) is 36.4 Å². The Balaban J connectivity index is 1.52. The molecule has 0 aliphatic heterocycles. The van der Waals surface area contributed by atoms with Crippen molar-refractivity contribution in [2.45, 2.75) is 50.7 Å². The number of benzene rings is 1. The predicted molar refractivity (Wildman–Crippen MR) is 90.2 cm³/mol. The summed E-state index contributed by atoms with van der Waals surface area (Å²) in [5.74, 6) is 0. The van der Waals surface area contributed by atoms with Crippen LogP contribution in [0, 0.1) is 0 Å². The molecular formula is C18H28N2O3. The van der Waals surface area contributed by atoms with E-state index in [-0.39, 0.29) is 12.1 Å². The third-order valence-corrected chi connectivity index (χ3v) is 4.36. The number of carbonyl (C=O) groups is 1. The topological polar surface area (TPSA) is 70.6 Å². The van der Waals surface area contributed by atoms with Gasteiger partial charge in [0.2, 0.25) is 0 Å². The van der Waals surface area contributed by atoms with Crippen LogP contribution >= 0.6 is 0 Å². The van der Waals surface area contributed by atoms with Crippen LogP contribution in [0.4, 0.5) is 4.79 Å². The van der Waals surface area contributed by atoms with Crippen molar-refractivity contribution in [3.8, 4) is 0 Å². The molecule has 23 heavy (non-hydrogen) atoms. The first-order valence-electron chi connectivity index (χ1n) is 8.50. The normalized spacial score (nSPS) is 17.7. The number of carbonyl (C=O) groups excluding carboxylic acids is 1. The highest BCUT2D eigenvalue weighted by Gasteiger charge is 2.31. The molecular weight excluding hydrogens is 292 g/mol. The zero-order valence-corrected chi connectivity index (χ0v) is 13.9. The van der Waals surface area contributed by atoms with Gasteiger partial charge in [-0.2, -0.15) is 0 Å². The fourth-order valence-electron chi connectivity index (χ4n) is 2.87. The molecule has 5 heteroatoms. The fraction of sp³-hybridized carbons (Fsp3) is 0.611. The molecule has 1 aromatic carbocycles. The lowest BCUT2D eigenvalue weighted by atomic mass is 10.0. The van der Waals surface area contributed by atoms with Gasteiger partial charge in [0.05, 0.1) is 11.7 Å². The molecule has 2 rings (SSSR count). The summed E-state index contributed by atoms with van der Waals surface area (Å²) in [7, 11) is 0. The maximum absolute atomic E-state index is 11.7. The summed E-state index contributed by atoms with van der Waals surface area (Å²) in [5, 5.41) is 15.7. The molecule has 1 aliphatic rings. The van der Waals surface area contributed by atoms with Gasteiger partial charge in [-0.1, -0.05) is 43.2 Å². The average molecular weight is 320 g/mol. The minimum atomic E-state index is -0.703. The molecule has 5 nitrogen and oxygen atoms in total. The van der Waals surface area contributed by atoms with Crippen molar-refractivity contribution in [3.63, 3.8) is 0 Å². The Morgan fingerprint density at radius 1 is 1.26 bits per heavy atom. The van der Waals surface area contributed by atoms with Gasteiger partial charge in [-0.3, -0.25) is 0 Å². The average Bonchev–Trinajstić information content (AvgIpc) is 3.00. The number of nitrogens with one attached hydrogen (secondary N) is 2. The Hall–Kier alpha value is -1.59. The van der Waals surface area contributed by atoms with Crippen LogP contribution < -0.4 is 10.6 Å². The standard InChI is InChI=1S/C18H28N2O3/c1-15(16-8-3-2-4-9-16)23-13-7-12-19-17(21)20-14-18(22)10-5-6-11-18/h2-4,8-9,15,22H,5-7,10-14H2,1H3,(H2,19,20,21). The molecule has 0 aromatic heterocycles. The molecule has 3 N–H and O–H groups in total. The lowest BCUT2D eigenvalue weighted by Gasteiger charge is -2.22. The zero-order chi connectivity index (χ0) is 16.5. The number of ether oxygens (including phenoxy) is 1. The Bertz CT molecular complexity index is 472. The smallest absolute Gasteiger partial charge is 0.314 e. The van der Waals surface area contributed by atoms with E-state index >= 15 is 0 Å². The Morgan fingerprint density at radius 2 is 1.96 bits per heavy atom. The van der Waals surface area contributed by atoms with E-state index in [0.29, 0.717) is 19.7 Å². The van der Waals surface area contributed by atoms with E-state index in [1.54, 1.807) is 0 Å². The van der Waals surface area contributed by atoms with E-state index in [0.717, 1.165) is 37.7 Å². The molecule has 128 valence electrons. The number of hydrogen-bond acceptors (Lipinski definition) is 3. The fourth-order valence-corrected chi connectivity index (χ4v) is 2.87. The first-order chi connectivity index (χ1) is 11.1. The van der Waals surface area contributed by atoms with Crippen molar-refractivity contribution in [2.24, 2.45) is 0 Å². The quantitative estimate of drug-likeness (QED) is 0.645. The van der Waals surface area contributed by atoms with E-state index in [9.17, 15) is 9.90 Å². The van der Waals surface area contributed by atoms with Crippen LogP contribution in [0.15, 0.2) is 30.3 Å². The van der Waals surface area contributed by atoms with E-state index in [1.807, 2.05) is 37.3 Å². The second kappa shape index (κ2) is 8.89. The van der Waals surface area contributed by atoms with Crippen molar-refractivity contribution in [1.82, 2.24) is 10.6 Å². The maximum Gasteiger partial charge on any atom is 0.314 e. The number of amides is 2. The maximum atomic E-state index is 11.7. The summed E-state index contributed by atoms with van der Waals surface area (Å²) < 4.78 is 5.76. The molecule has 1 atom stereocenters. The van der Waals surface area contributed by atoms with Crippen LogP contribution in [0.2, 0.25) is 0 Å². The molecule has 1 aromatic rings. The van der Waals surface area contributed by atoms with Crippen molar-refractivity contribution in [1.29, 1.82) is 0 Å². The summed E-state index contributed by atoms with van der Waals surface area (Å²) in [6.07, 6.45) is 4.45. The number of hydrogen-bond donors (Lipinski definition) is 3. The van der Waals surface area contributed by atoms with Gasteiger partial charge >= 0.3 is 6.03 Å². The van der Waals surface area contributed by atoms with Crippen LogP contribution in [0.3, 0.4) is 0 Å². The van der Waals surface area contributed by atoms with Crippen molar-refractivity contribution < 1.29 is 14.6 Å². The summed E-state index contributed by atoms with van der Waals surface area (Å²) in [6.45, 7) is 3.52. The van der Waals surface area contributed by atoms with Gasteiger partial charge in [0.1, 0.15) is 0 Å². The van der Waals surface area contributed by atoms with E-state index < -0.39 is 5.60 Å². The molecule has 1 saturated carbocycles. The van der Waals surface area contributed by atoms with Gasteiger partial charge in [0.15, 0.2) is 0 Å². The first-order valence-corrected chi connectivity index (χ1v) is 8.50. The van der Waals surface area contributed by atoms with Gasteiger partial charge in [-0.15, -0.1) is 0 Å². The second-order valence-electron chi connectivity index (χ2n) is 6.32. The molecule has 2 amide bonds. The third-order valence-electron chi connectivity index (χ3n) is 4.36. The number of rotatable bonds is 8. The minimum absolute atomic E-state index is 0.0571. The predicted octanol–water partition coefficient (Wildman–Crippen LogP) is 2.76. The Labute approximate surface area is 138 Å². The molecule has 0 bridgehead atoms. The molecule has 0 radical (unpaired) electrons. The molecule has 1 unspecified atom stereocenters. The van der Waals surface area contributed by atoms with Crippen molar-refractivity contribution >= 4 is 6.03 Å². The zero-order valence-electron chi connectivity index (χ0n) is 13.9. The lowest BCUT2D eigenvalue weighted by molar-refractivity contribution is 0.0498. The second-order valence-corrected chi connectivity index (χ2v) is 6.32. The highest BCUT2D eigenvalue weighted by atomic mass is 16.5. The van der Waals surface area contributed by atoms with Gasteiger partial charge in [0.25, 0.3) is 0 Å². The van der Waals surface area contributed by atoms with Gasteiger partial charge in [-0.05, 0) is 31.7 Å². The number of aliphatic hydroxyl groups is 1. The van der Waals surface area contributed by atoms with Gasteiger partial charge in [0, 0.05) is 19.7 Å². The Morgan fingerprint density at radius 3 is 2.65 bits per heavy atom. The van der Waals surface area contributed by atoms with Gasteiger partial charge in [-0.25, -0.2) is 4.79 Å².